The molecule has 4 aromatic rings. The van der Waals surface area contributed by atoms with Crippen molar-refractivity contribution >= 4 is 45.8 Å². The molecule has 4 nitrogen and oxygen atoms in total. The molecule has 0 saturated heterocycles. The molecule has 172 valence electrons. The molecule has 1 aromatic heterocycles. The summed E-state index contributed by atoms with van der Waals surface area (Å²) in [6, 6.07) is 17.6. The van der Waals surface area contributed by atoms with E-state index in [1.807, 2.05) is 49.4 Å². The lowest BCUT2D eigenvalue weighted by Gasteiger charge is -2.16. The maximum atomic E-state index is 13.8. The van der Waals surface area contributed by atoms with Crippen LogP contribution in [0.1, 0.15) is 35.6 Å². The van der Waals surface area contributed by atoms with Crippen molar-refractivity contribution in [3.8, 4) is 5.75 Å². The number of benzene rings is 3. The summed E-state index contributed by atoms with van der Waals surface area (Å²) in [5, 5.41) is 10.1. The molecule has 1 N–H and O–H groups in total. The van der Waals surface area contributed by atoms with E-state index in [1.165, 1.54) is 18.2 Å². The third-order valence-electron chi connectivity index (χ3n) is 5.58. The van der Waals surface area contributed by atoms with E-state index in [0.29, 0.717) is 22.8 Å². The fraction of sp³-hybridized carbons (Fsp3) is 0.107. The van der Waals surface area contributed by atoms with Crippen LogP contribution in [0, 0.1) is 5.82 Å². The number of carboxylic acids is 1. The molecule has 34 heavy (non-hydrogen) atoms. The Morgan fingerprint density at radius 1 is 1.12 bits per heavy atom. The van der Waals surface area contributed by atoms with Gasteiger partial charge >= 0.3 is 5.97 Å². The molecule has 0 unspecified atom stereocenters. The predicted octanol–water partition coefficient (Wildman–Crippen LogP) is 7.70. The van der Waals surface area contributed by atoms with E-state index < -0.39 is 11.8 Å². The average Bonchev–Trinajstić information content (AvgIpc) is 3.26. The Morgan fingerprint density at radius 3 is 2.53 bits per heavy atom. The van der Waals surface area contributed by atoms with Crippen molar-refractivity contribution in [2.45, 2.75) is 13.3 Å². The zero-order valence-electron chi connectivity index (χ0n) is 18.6. The molecule has 0 aliphatic rings. The Hall–Kier alpha value is -3.83. The van der Waals surface area contributed by atoms with Crippen LogP contribution >= 0.6 is 11.6 Å². The molecule has 1 heterocycles. The number of hydrogen-bond acceptors (Lipinski definition) is 3. The van der Waals surface area contributed by atoms with Gasteiger partial charge in [0.25, 0.3) is 0 Å². The zero-order chi connectivity index (χ0) is 24.2. The summed E-state index contributed by atoms with van der Waals surface area (Å²) in [7, 11) is 1.59. The van der Waals surface area contributed by atoms with Crippen LogP contribution in [0.3, 0.4) is 0 Å². The average molecular weight is 477 g/mol. The first-order valence-electron chi connectivity index (χ1n) is 10.7. The van der Waals surface area contributed by atoms with Gasteiger partial charge in [-0.1, -0.05) is 61.0 Å². The van der Waals surface area contributed by atoms with Crippen LogP contribution in [0.4, 0.5) is 4.39 Å². The first-order valence-corrected chi connectivity index (χ1v) is 11.0. The van der Waals surface area contributed by atoms with Crippen LogP contribution < -0.4 is 4.74 Å². The fourth-order valence-electron chi connectivity index (χ4n) is 4.04. The number of furan rings is 1. The van der Waals surface area contributed by atoms with Gasteiger partial charge in [-0.3, -0.25) is 0 Å². The molecule has 0 radical (unpaired) electrons. The summed E-state index contributed by atoms with van der Waals surface area (Å²) in [5.74, 6) is -0.795. The number of fused-ring (bicyclic) bond motifs is 1. The molecule has 0 atom stereocenters. The number of methoxy groups -OCH3 is 1. The van der Waals surface area contributed by atoms with E-state index >= 15 is 0 Å². The van der Waals surface area contributed by atoms with Gasteiger partial charge < -0.3 is 14.3 Å². The number of aliphatic carboxylic acids is 1. The molecule has 0 saturated carbocycles. The Morgan fingerprint density at radius 2 is 1.88 bits per heavy atom. The molecule has 0 amide bonds. The summed E-state index contributed by atoms with van der Waals surface area (Å²) in [4.78, 5) is 10.9. The van der Waals surface area contributed by atoms with Crippen molar-refractivity contribution in [1.82, 2.24) is 0 Å². The molecule has 6 heteroatoms. The predicted molar refractivity (Wildman–Crippen MR) is 133 cm³/mol. The third-order valence-corrected chi connectivity index (χ3v) is 5.89. The smallest absolute Gasteiger partial charge is 0.328 e. The molecule has 3 aromatic carbocycles. The van der Waals surface area contributed by atoms with Gasteiger partial charge in [-0.05, 0) is 58.5 Å². The largest absolute Gasteiger partial charge is 0.493 e. The molecule has 0 bridgehead atoms. The molecule has 4 rings (SSSR count). The third kappa shape index (κ3) is 4.61. The first kappa shape index (κ1) is 23.3. The maximum absolute atomic E-state index is 13.8. The molecule has 0 aliphatic carbocycles. The Kier molecular flexibility index (Phi) is 6.85. The van der Waals surface area contributed by atoms with Gasteiger partial charge in [0.05, 0.1) is 18.4 Å². The van der Waals surface area contributed by atoms with Crippen LogP contribution in [-0.4, -0.2) is 18.2 Å². The van der Waals surface area contributed by atoms with Gasteiger partial charge in [-0.15, -0.1) is 0 Å². The second-order valence-corrected chi connectivity index (χ2v) is 8.02. The minimum absolute atomic E-state index is 0.320. The van der Waals surface area contributed by atoms with Crippen molar-refractivity contribution in [3.63, 3.8) is 0 Å². The van der Waals surface area contributed by atoms with Crippen LogP contribution in [0.5, 0.6) is 5.75 Å². The summed E-state index contributed by atoms with van der Waals surface area (Å²) >= 11 is 6.48. The second kappa shape index (κ2) is 9.98. The lowest BCUT2D eigenvalue weighted by molar-refractivity contribution is -0.131. The van der Waals surface area contributed by atoms with Crippen molar-refractivity contribution in [2.24, 2.45) is 0 Å². The standard InChI is InChI=1S/C28H22ClFO4/c1-3-20(21-13-12-19(30)15-24(21)29)27(18-10-7-17(8-11-18)9-14-26(31)32)23-16-34-28-22(23)5-4-6-25(28)33-2/h4-16H,3H2,1-2H3,(H,31,32)/b14-9?,27-20+. The van der Waals surface area contributed by atoms with E-state index in [1.54, 1.807) is 19.4 Å². The number of hydrogen-bond donors (Lipinski definition) is 1. The summed E-state index contributed by atoms with van der Waals surface area (Å²) in [5.41, 5.74) is 5.64. The topological polar surface area (TPSA) is 59.7 Å². The summed E-state index contributed by atoms with van der Waals surface area (Å²) in [6.07, 6.45) is 4.94. The van der Waals surface area contributed by atoms with Crippen molar-refractivity contribution in [2.75, 3.05) is 7.11 Å². The Bertz CT molecular complexity index is 1410. The van der Waals surface area contributed by atoms with E-state index in [2.05, 4.69) is 0 Å². The highest BCUT2D eigenvalue weighted by atomic mass is 35.5. The van der Waals surface area contributed by atoms with Gasteiger partial charge in [0, 0.05) is 17.0 Å². The van der Waals surface area contributed by atoms with Gasteiger partial charge in [0.15, 0.2) is 11.3 Å². The summed E-state index contributed by atoms with van der Waals surface area (Å²) < 4.78 is 25.2. The van der Waals surface area contributed by atoms with Crippen LogP contribution in [0.25, 0.3) is 28.2 Å². The fourth-order valence-corrected chi connectivity index (χ4v) is 4.32. The number of carbonyl (C=O) groups is 1. The molecule has 0 aliphatic heterocycles. The number of ether oxygens (including phenoxy) is 1. The molecule has 0 fully saturated rings. The minimum Gasteiger partial charge on any atom is -0.493 e. The first-order chi connectivity index (χ1) is 16.4. The second-order valence-electron chi connectivity index (χ2n) is 7.61. The van der Waals surface area contributed by atoms with E-state index in [4.69, 9.17) is 25.9 Å². The lowest BCUT2D eigenvalue weighted by Crippen LogP contribution is -1.96. The van der Waals surface area contributed by atoms with Gasteiger partial charge in [-0.2, -0.15) is 0 Å². The van der Waals surface area contributed by atoms with Crippen LogP contribution in [-0.2, 0) is 4.79 Å². The SMILES string of the molecule is CC/C(=C(/c1ccc(C=CC(=O)O)cc1)c1coc2c(OC)cccc12)c1ccc(F)cc1Cl. The highest BCUT2D eigenvalue weighted by Gasteiger charge is 2.20. The maximum Gasteiger partial charge on any atom is 0.328 e. The van der Waals surface area contributed by atoms with E-state index in [9.17, 15) is 9.18 Å². The molecular formula is C28H22ClFO4. The number of para-hydroxylation sites is 1. The molecule has 0 spiro atoms. The highest BCUT2D eigenvalue weighted by molar-refractivity contribution is 6.32. The number of rotatable bonds is 7. The minimum atomic E-state index is -1.01. The van der Waals surface area contributed by atoms with Gasteiger partial charge in [-0.25, -0.2) is 9.18 Å². The van der Waals surface area contributed by atoms with Crippen LogP contribution in [0.15, 0.2) is 77.4 Å². The number of allylic oxidation sites excluding steroid dienone is 1. The van der Waals surface area contributed by atoms with Gasteiger partial charge in [0.2, 0.25) is 0 Å². The Labute approximate surface area is 201 Å². The lowest BCUT2D eigenvalue weighted by atomic mass is 9.87. The normalized spacial score (nSPS) is 12.2. The van der Waals surface area contributed by atoms with Crippen molar-refractivity contribution < 1.29 is 23.4 Å². The number of halogens is 2. The highest BCUT2D eigenvalue weighted by Crippen LogP contribution is 2.42. The van der Waals surface area contributed by atoms with Crippen molar-refractivity contribution in [3.05, 3.63) is 106 Å². The van der Waals surface area contributed by atoms with Crippen LogP contribution in [0.2, 0.25) is 5.02 Å². The van der Waals surface area contributed by atoms with Gasteiger partial charge in [0.1, 0.15) is 5.82 Å². The molecular weight excluding hydrogens is 455 g/mol. The quantitative estimate of drug-likeness (QED) is 0.219. The van der Waals surface area contributed by atoms with Crippen molar-refractivity contribution in [1.29, 1.82) is 0 Å². The van der Waals surface area contributed by atoms with E-state index in [0.717, 1.165) is 44.9 Å². The number of carboxylic acid groups (broad SMARTS) is 1. The Balaban J connectivity index is 1.99. The zero-order valence-corrected chi connectivity index (χ0v) is 19.4. The summed E-state index contributed by atoms with van der Waals surface area (Å²) in [6.45, 7) is 2.02. The monoisotopic (exact) mass is 476 g/mol. The van der Waals surface area contributed by atoms with E-state index in [-0.39, 0.29) is 0 Å².